The molecule has 8 nitrogen and oxygen atoms in total. The summed E-state index contributed by atoms with van der Waals surface area (Å²) >= 11 is 5.72. The highest BCUT2D eigenvalue weighted by Crippen LogP contribution is 2.28. The summed E-state index contributed by atoms with van der Waals surface area (Å²) < 4.78 is 10.4. The molecule has 0 aliphatic heterocycles. The zero-order valence-corrected chi connectivity index (χ0v) is 17.0. The normalized spacial score (nSPS) is 10.5. The number of benzene rings is 2. The van der Waals surface area contributed by atoms with Crippen molar-refractivity contribution in [1.82, 2.24) is 0 Å². The first kappa shape index (κ1) is 22.2. The van der Waals surface area contributed by atoms with Gasteiger partial charge in [0.2, 0.25) is 0 Å². The van der Waals surface area contributed by atoms with Crippen molar-refractivity contribution < 1.29 is 24.0 Å². The summed E-state index contributed by atoms with van der Waals surface area (Å²) in [6.07, 6.45) is 0. The lowest BCUT2D eigenvalue weighted by Crippen LogP contribution is -2.23. The Hall–Kier alpha value is -3.13. The molecule has 2 aromatic carbocycles. The number of ether oxygens (including phenoxy) is 2. The number of nitrogens with zero attached hydrogens (tertiary/aromatic N) is 1. The highest BCUT2D eigenvalue weighted by molar-refractivity contribution is 6.32. The zero-order chi connectivity index (χ0) is 21.6. The molecule has 0 radical (unpaired) electrons. The van der Waals surface area contributed by atoms with Crippen molar-refractivity contribution in [3.05, 3.63) is 62.7 Å². The Kier molecular flexibility index (Phi) is 7.55. The summed E-state index contributed by atoms with van der Waals surface area (Å²) in [6, 6.07) is 9.57. The van der Waals surface area contributed by atoms with Gasteiger partial charge in [-0.2, -0.15) is 0 Å². The average Bonchev–Trinajstić information content (AvgIpc) is 2.65. The molecule has 2 rings (SSSR count). The van der Waals surface area contributed by atoms with Crippen molar-refractivity contribution in [2.75, 3.05) is 18.5 Å². The Morgan fingerprint density at radius 3 is 2.55 bits per heavy atom. The number of halogens is 1. The molecular weight excluding hydrogens is 400 g/mol. The van der Waals surface area contributed by atoms with E-state index in [1.54, 1.807) is 0 Å². The minimum absolute atomic E-state index is 0.0477. The zero-order valence-electron chi connectivity index (χ0n) is 16.2. The van der Waals surface area contributed by atoms with Crippen molar-refractivity contribution in [2.45, 2.75) is 26.7 Å². The lowest BCUT2D eigenvalue weighted by atomic mass is 10.0. The smallest absolute Gasteiger partial charge is 0.344 e. The number of esters is 1. The van der Waals surface area contributed by atoms with Gasteiger partial charge in [0, 0.05) is 11.8 Å². The van der Waals surface area contributed by atoms with Crippen LogP contribution in [0.25, 0.3) is 0 Å². The summed E-state index contributed by atoms with van der Waals surface area (Å²) in [4.78, 5) is 34.0. The molecule has 1 amide bonds. The van der Waals surface area contributed by atoms with Crippen molar-refractivity contribution in [2.24, 2.45) is 0 Å². The van der Waals surface area contributed by atoms with E-state index in [9.17, 15) is 19.7 Å². The van der Waals surface area contributed by atoms with Crippen LogP contribution in [0.15, 0.2) is 36.4 Å². The number of nitro benzene ring substituents is 1. The van der Waals surface area contributed by atoms with Gasteiger partial charge in [-0.15, -0.1) is 0 Å². The highest BCUT2D eigenvalue weighted by Gasteiger charge is 2.15. The molecule has 154 valence electrons. The lowest BCUT2D eigenvalue weighted by Gasteiger charge is -2.14. The topological polar surface area (TPSA) is 108 Å². The number of amides is 1. The second-order valence-electron chi connectivity index (χ2n) is 6.62. The third-order valence-corrected chi connectivity index (χ3v) is 4.25. The number of carbonyl (C=O) groups excluding carboxylic acids is 2. The van der Waals surface area contributed by atoms with E-state index in [0.29, 0.717) is 5.75 Å². The number of rotatable bonds is 8. The van der Waals surface area contributed by atoms with E-state index in [-0.39, 0.29) is 28.9 Å². The number of hydrogen-bond donors (Lipinski definition) is 1. The minimum Gasteiger partial charge on any atom is -0.482 e. The van der Waals surface area contributed by atoms with Crippen LogP contribution in [0.5, 0.6) is 5.75 Å². The van der Waals surface area contributed by atoms with E-state index in [1.807, 2.05) is 39.0 Å². The standard InChI is InChI=1S/C20H21ClN2O6/c1-12(2)15-6-4-13(3)8-18(15)28-11-20(25)29-10-19(24)22-14-5-7-16(21)17(9-14)23(26)27/h4-9,12H,10-11H2,1-3H3,(H,22,24). The molecule has 0 saturated heterocycles. The molecule has 0 heterocycles. The van der Waals surface area contributed by atoms with Gasteiger partial charge >= 0.3 is 5.97 Å². The van der Waals surface area contributed by atoms with Gasteiger partial charge < -0.3 is 14.8 Å². The maximum atomic E-state index is 11.9. The van der Waals surface area contributed by atoms with Crippen LogP contribution >= 0.6 is 11.6 Å². The van der Waals surface area contributed by atoms with Crippen LogP contribution < -0.4 is 10.1 Å². The molecule has 0 saturated carbocycles. The fraction of sp³-hybridized carbons (Fsp3) is 0.300. The van der Waals surface area contributed by atoms with Crippen LogP contribution in [-0.4, -0.2) is 30.0 Å². The minimum atomic E-state index is -0.710. The van der Waals surface area contributed by atoms with E-state index in [0.717, 1.165) is 17.2 Å². The largest absolute Gasteiger partial charge is 0.482 e. The molecule has 0 bridgehead atoms. The molecule has 0 unspecified atom stereocenters. The van der Waals surface area contributed by atoms with Crippen molar-refractivity contribution in [3.8, 4) is 5.75 Å². The first-order valence-corrected chi connectivity index (χ1v) is 9.18. The van der Waals surface area contributed by atoms with Crippen LogP contribution in [-0.2, 0) is 14.3 Å². The first-order chi connectivity index (χ1) is 13.7. The van der Waals surface area contributed by atoms with Crippen LogP contribution in [0.2, 0.25) is 5.02 Å². The number of nitrogens with one attached hydrogen (secondary N) is 1. The quantitative estimate of drug-likeness (QED) is 0.388. The fourth-order valence-corrected chi connectivity index (χ4v) is 2.68. The van der Waals surface area contributed by atoms with Gasteiger partial charge in [-0.3, -0.25) is 14.9 Å². The molecular formula is C20H21ClN2O6. The van der Waals surface area contributed by atoms with Crippen LogP contribution in [0.4, 0.5) is 11.4 Å². The molecule has 2 aromatic rings. The number of nitro groups is 1. The molecule has 0 aromatic heterocycles. The predicted molar refractivity (Wildman–Crippen MR) is 108 cm³/mol. The van der Waals surface area contributed by atoms with Gasteiger partial charge in [0.05, 0.1) is 4.92 Å². The molecule has 1 N–H and O–H groups in total. The number of aryl methyl sites for hydroxylation is 1. The van der Waals surface area contributed by atoms with E-state index >= 15 is 0 Å². The van der Waals surface area contributed by atoms with Crippen LogP contribution in [0, 0.1) is 17.0 Å². The fourth-order valence-electron chi connectivity index (χ4n) is 2.50. The van der Waals surface area contributed by atoms with Gasteiger partial charge in [0.25, 0.3) is 11.6 Å². The monoisotopic (exact) mass is 420 g/mol. The second kappa shape index (κ2) is 9.88. The van der Waals surface area contributed by atoms with E-state index < -0.39 is 23.4 Å². The SMILES string of the molecule is Cc1ccc(C(C)C)c(OCC(=O)OCC(=O)Nc2ccc(Cl)c([N+](=O)[O-])c2)c1. The Labute approximate surface area is 172 Å². The molecule has 0 fully saturated rings. The molecule has 0 aliphatic rings. The van der Waals surface area contributed by atoms with E-state index in [1.165, 1.54) is 12.1 Å². The van der Waals surface area contributed by atoms with Gasteiger partial charge in [-0.1, -0.05) is 37.6 Å². The third-order valence-electron chi connectivity index (χ3n) is 3.93. The van der Waals surface area contributed by atoms with Gasteiger partial charge in [-0.25, -0.2) is 4.79 Å². The summed E-state index contributed by atoms with van der Waals surface area (Å²) in [5, 5.41) is 13.2. The number of hydrogen-bond acceptors (Lipinski definition) is 6. The number of carbonyl (C=O) groups is 2. The summed E-state index contributed by atoms with van der Waals surface area (Å²) in [5.74, 6) is -0.544. The average molecular weight is 421 g/mol. The maximum absolute atomic E-state index is 11.9. The second-order valence-corrected chi connectivity index (χ2v) is 7.02. The molecule has 9 heteroatoms. The van der Waals surface area contributed by atoms with E-state index in [4.69, 9.17) is 21.1 Å². The molecule has 29 heavy (non-hydrogen) atoms. The Morgan fingerprint density at radius 2 is 1.90 bits per heavy atom. The van der Waals surface area contributed by atoms with Crippen LogP contribution in [0.3, 0.4) is 0 Å². The summed E-state index contributed by atoms with van der Waals surface area (Å²) in [5.41, 5.74) is 1.79. The molecule has 0 spiro atoms. The summed E-state index contributed by atoms with van der Waals surface area (Å²) in [7, 11) is 0. The highest BCUT2D eigenvalue weighted by atomic mass is 35.5. The maximum Gasteiger partial charge on any atom is 0.344 e. The van der Waals surface area contributed by atoms with Gasteiger partial charge in [0.15, 0.2) is 13.2 Å². The van der Waals surface area contributed by atoms with Crippen LogP contribution in [0.1, 0.15) is 30.9 Å². The third kappa shape index (κ3) is 6.46. The van der Waals surface area contributed by atoms with Crippen molar-refractivity contribution >= 4 is 34.9 Å². The van der Waals surface area contributed by atoms with Gasteiger partial charge in [0.1, 0.15) is 10.8 Å². The first-order valence-electron chi connectivity index (χ1n) is 8.80. The molecule has 0 atom stereocenters. The van der Waals surface area contributed by atoms with Gasteiger partial charge in [-0.05, 0) is 42.2 Å². The Balaban J connectivity index is 1.87. The summed E-state index contributed by atoms with van der Waals surface area (Å²) in [6.45, 7) is 5.05. The molecule has 0 aliphatic carbocycles. The Morgan fingerprint density at radius 1 is 1.17 bits per heavy atom. The number of anilines is 1. The Bertz CT molecular complexity index is 929. The van der Waals surface area contributed by atoms with E-state index in [2.05, 4.69) is 5.32 Å². The van der Waals surface area contributed by atoms with Crippen molar-refractivity contribution in [1.29, 1.82) is 0 Å². The lowest BCUT2D eigenvalue weighted by molar-refractivity contribution is -0.384. The predicted octanol–water partition coefficient (Wildman–Crippen LogP) is 4.24. The van der Waals surface area contributed by atoms with Crippen molar-refractivity contribution in [3.63, 3.8) is 0 Å².